The summed E-state index contributed by atoms with van der Waals surface area (Å²) in [5.41, 5.74) is 3.27. The van der Waals surface area contributed by atoms with Gasteiger partial charge in [-0.1, -0.05) is 48.5 Å². The molecule has 0 spiro atoms. The fraction of sp³-hybridized carbons (Fsp3) is 0.179. The fourth-order valence-corrected chi connectivity index (χ4v) is 3.76. The van der Waals surface area contributed by atoms with Crippen molar-refractivity contribution in [1.29, 1.82) is 0 Å². The summed E-state index contributed by atoms with van der Waals surface area (Å²) in [6, 6.07) is 23.5. The van der Waals surface area contributed by atoms with Gasteiger partial charge < -0.3 is 20.5 Å². The first-order chi connectivity index (χ1) is 17.5. The first-order valence-electron chi connectivity index (χ1n) is 11.6. The highest BCUT2D eigenvalue weighted by molar-refractivity contribution is 6.00. The molecule has 0 radical (unpaired) electrons. The molecule has 1 heterocycles. The topological polar surface area (TPSA) is 105 Å². The zero-order valence-electron chi connectivity index (χ0n) is 20.0. The lowest BCUT2D eigenvalue weighted by Crippen LogP contribution is -2.30. The van der Waals surface area contributed by atoms with E-state index >= 15 is 0 Å². The average Bonchev–Trinajstić information content (AvgIpc) is 3.32. The number of phenols is 1. The minimum atomic E-state index is -0.278. The second-order valence-electron chi connectivity index (χ2n) is 8.22. The number of hydrogen-bond acceptors (Lipinski definition) is 5. The number of amides is 2. The summed E-state index contributed by atoms with van der Waals surface area (Å²) >= 11 is 0. The maximum Gasteiger partial charge on any atom is 0.255 e. The van der Waals surface area contributed by atoms with Gasteiger partial charge in [-0.15, -0.1) is 0 Å². The van der Waals surface area contributed by atoms with E-state index < -0.39 is 0 Å². The highest BCUT2D eigenvalue weighted by atomic mass is 16.5. The Bertz CT molecular complexity index is 1330. The van der Waals surface area contributed by atoms with E-state index in [0.717, 1.165) is 11.1 Å². The van der Waals surface area contributed by atoms with Crippen LogP contribution in [0.5, 0.6) is 11.5 Å². The molecule has 184 valence electrons. The standard InChI is InChI=1S/C28H28N4O4/c1-36-24-13-6-10-21(17-24)26-25(19-32(31-26)18-20-8-3-2-4-9-20)28(35)30-15-7-14-29-27(34)22-11-5-12-23(33)16-22/h2-6,8-13,16-17,19,33H,7,14-15,18H2,1H3,(H,29,34)(H,30,35). The lowest BCUT2D eigenvalue weighted by Gasteiger charge is -2.08. The Labute approximate surface area is 209 Å². The third-order valence-corrected chi connectivity index (χ3v) is 5.57. The number of carbonyl (C=O) groups excluding carboxylic acids is 2. The minimum absolute atomic E-state index is 0.0366. The van der Waals surface area contributed by atoms with Crippen molar-refractivity contribution < 1.29 is 19.4 Å². The Kier molecular flexibility index (Phi) is 7.97. The summed E-state index contributed by atoms with van der Waals surface area (Å²) in [6.45, 7) is 1.29. The number of aromatic nitrogens is 2. The number of nitrogens with one attached hydrogen (secondary N) is 2. The summed E-state index contributed by atoms with van der Waals surface area (Å²) in [6.07, 6.45) is 2.30. The van der Waals surface area contributed by atoms with Crippen molar-refractivity contribution >= 4 is 11.8 Å². The van der Waals surface area contributed by atoms with Crippen molar-refractivity contribution in [3.05, 3.63) is 102 Å². The van der Waals surface area contributed by atoms with Crippen LogP contribution in [0.4, 0.5) is 0 Å². The van der Waals surface area contributed by atoms with Crippen LogP contribution in [0.15, 0.2) is 85.1 Å². The molecular formula is C28H28N4O4. The van der Waals surface area contributed by atoms with Crippen LogP contribution in [0.3, 0.4) is 0 Å². The van der Waals surface area contributed by atoms with Gasteiger partial charge in [0.2, 0.25) is 0 Å². The summed E-state index contributed by atoms with van der Waals surface area (Å²) < 4.78 is 7.10. The van der Waals surface area contributed by atoms with Crippen molar-refractivity contribution in [1.82, 2.24) is 20.4 Å². The second-order valence-corrected chi connectivity index (χ2v) is 8.22. The van der Waals surface area contributed by atoms with Crippen molar-refractivity contribution in [3.63, 3.8) is 0 Å². The van der Waals surface area contributed by atoms with Crippen molar-refractivity contribution in [3.8, 4) is 22.8 Å². The molecule has 3 aromatic carbocycles. The molecule has 0 fully saturated rings. The van der Waals surface area contributed by atoms with Gasteiger partial charge >= 0.3 is 0 Å². The van der Waals surface area contributed by atoms with Gasteiger partial charge in [-0.25, -0.2) is 0 Å². The Hall–Kier alpha value is -4.59. The first kappa shape index (κ1) is 24.5. The number of benzene rings is 3. The zero-order chi connectivity index (χ0) is 25.3. The SMILES string of the molecule is COc1cccc(-c2nn(Cc3ccccc3)cc2C(=O)NCCCNC(=O)c2cccc(O)c2)c1. The Morgan fingerprint density at radius 3 is 2.42 bits per heavy atom. The maximum atomic E-state index is 13.1. The summed E-state index contributed by atoms with van der Waals surface area (Å²) in [5.74, 6) is 0.194. The summed E-state index contributed by atoms with van der Waals surface area (Å²) in [7, 11) is 1.60. The number of hydrogen-bond donors (Lipinski definition) is 3. The molecule has 0 saturated carbocycles. The number of carbonyl (C=O) groups is 2. The van der Waals surface area contributed by atoms with Crippen LogP contribution in [0, 0.1) is 0 Å². The van der Waals surface area contributed by atoms with Crippen molar-refractivity contribution in [2.24, 2.45) is 0 Å². The van der Waals surface area contributed by atoms with E-state index in [1.165, 1.54) is 12.1 Å². The van der Waals surface area contributed by atoms with Crippen LogP contribution in [0.2, 0.25) is 0 Å². The Morgan fingerprint density at radius 1 is 0.917 bits per heavy atom. The van der Waals surface area contributed by atoms with Gasteiger partial charge in [0.05, 0.1) is 19.2 Å². The molecule has 0 bridgehead atoms. The molecule has 4 rings (SSSR count). The molecule has 0 aliphatic rings. The van der Waals surface area contributed by atoms with Gasteiger partial charge in [0.1, 0.15) is 17.2 Å². The first-order valence-corrected chi connectivity index (χ1v) is 11.6. The zero-order valence-corrected chi connectivity index (χ0v) is 20.0. The van der Waals surface area contributed by atoms with Crippen LogP contribution in [0.1, 0.15) is 32.7 Å². The van der Waals surface area contributed by atoms with Gasteiger partial charge in [0.25, 0.3) is 11.8 Å². The van der Waals surface area contributed by atoms with Gasteiger partial charge in [0.15, 0.2) is 0 Å². The predicted octanol–water partition coefficient (Wildman–Crippen LogP) is 3.86. The highest BCUT2D eigenvalue weighted by Gasteiger charge is 2.18. The van der Waals surface area contributed by atoms with E-state index in [0.29, 0.717) is 48.6 Å². The number of methoxy groups -OCH3 is 1. The van der Waals surface area contributed by atoms with E-state index in [9.17, 15) is 14.7 Å². The molecule has 3 N–H and O–H groups in total. The molecule has 36 heavy (non-hydrogen) atoms. The van der Waals surface area contributed by atoms with Crippen LogP contribution < -0.4 is 15.4 Å². The highest BCUT2D eigenvalue weighted by Crippen LogP contribution is 2.26. The number of aromatic hydroxyl groups is 1. The molecule has 4 aromatic rings. The molecule has 0 aliphatic carbocycles. The van der Waals surface area contributed by atoms with Gasteiger partial charge in [-0.3, -0.25) is 14.3 Å². The normalized spacial score (nSPS) is 10.6. The summed E-state index contributed by atoms with van der Waals surface area (Å²) in [5, 5.41) is 19.9. The molecule has 0 saturated heterocycles. The number of ether oxygens (including phenoxy) is 1. The smallest absolute Gasteiger partial charge is 0.255 e. The third-order valence-electron chi connectivity index (χ3n) is 5.57. The lowest BCUT2D eigenvalue weighted by atomic mass is 10.1. The molecular weight excluding hydrogens is 456 g/mol. The van der Waals surface area contributed by atoms with E-state index in [1.807, 2.05) is 54.6 Å². The summed E-state index contributed by atoms with van der Waals surface area (Å²) in [4.78, 5) is 25.3. The number of phenolic OH excluding ortho intramolecular Hbond substituents is 1. The van der Waals surface area contributed by atoms with Crippen LogP contribution in [-0.2, 0) is 6.54 Å². The lowest BCUT2D eigenvalue weighted by molar-refractivity contribution is 0.0951. The predicted molar refractivity (Wildman–Crippen MR) is 137 cm³/mol. The number of rotatable bonds is 10. The molecule has 2 amide bonds. The largest absolute Gasteiger partial charge is 0.508 e. The average molecular weight is 485 g/mol. The quantitative estimate of drug-likeness (QED) is 0.297. The molecule has 0 aliphatic heterocycles. The number of nitrogens with zero attached hydrogens (tertiary/aromatic N) is 2. The van der Waals surface area contributed by atoms with E-state index in [4.69, 9.17) is 9.84 Å². The van der Waals surface area contributed by atoms with Gasteiger partial charge in [-0.2, -0.15) is 5.10 Å². The third kappa shape index (κ3) is 6.29. The Balaban J connectivity index is 1.41. The fourth-order valence-electron chi connectivity index (χ4n) is 3.76. The van der Waals surface area contributed by atoms with Gasteiger partial charge in [-0.05, 0) is 42.3 Å². The van der Waals surface area contributed by atoms with Crippen molar-refractivity contribution in [2.75, 3.05) is 20.2 Å². The van der Waals surface area contributed by atoms with Crippen LogP contribution >= 0.6 is 0 Å². The van der Waals surface area contributed by atoms with Crippen molar-refractivity contribution in [2.45, 2.75) is 13.0 Å². The molecule has 1 aromatic heterocycles. The van der Waals surface area contributed by atoms with Gasteiger partial charge in [0, 0.05) is 30.4 Å². The van der Waals surface area contributed by atoms with E-state index in [1.54, 1.807) is 30.1 Å². The molecule has 0 atom stereocenters. The molecule has 0 unspecified atom stereocenters. The monoisotopic (exact) mass is 484 g/mol. The molecule has 8 heteroatoms. The second kappa shape index (κ2) is 11.7. The van der Waals surface area contributed by atoms with Crippen LogP contribution in [0.25, 0.3) is 11.3 Å². The Morgan fingerprint density at radius 2 is 1.67 bits per heavy atom. The maximum absolute atomic E-state index is 13.1. The minimum Gasteiger partial charge on any atom is -0.508 e. The van der Waals surface area contributed by atoms with E-state index in [2.05, 4.69) is 10.6 Å². The van der Waals surface area contributed by atoms with E-state index in [-0.39, 0.29) is 17.6 Å². The molecule has 8 nitrogen and oxygen atoms in total. The van der Waals surface area contributed by atoms with Crippen LogP contribution in [-0.4, -0.2) is 46.9 Å².